The molecule has 0 fully saturated rings. The number of nitrogens with zero attached hydrogens (tertiary/aromatic N) is 1. The van der Waals surface area contributed by atoms with Crippen LogP contribution in [0.1, 0.15) is 46.0 Å². The Balaban J connectivity index is 4.74. The van der Waals surface area contributed by atoms with Crippen LogP contribution in [0.2, 0.25) is 0 Å². The van der Waals surface area contributed by atoms with E-state index in [0.29, 0.717) is 17.4 Å². The summed E-state index contributed by atoms with van der Waals surface area (Å²) in [7, 11) is 1.24. The minimum Gasteiger partial charge on any atom is -0.756 e. The molecule has 0 saturated heterocycles. The van der Waals surface area contributed by atoms with Gasteiger partial charge in [0, 0.05) is 6.42 Å². The summed E-state index contributed by atoms with van der Waals surface area (Å²) in [5.74, 6) is -0.265. The zero-order chi connectivity index (χ0) is 20.9. The maximum Gasteiger partial charge on any atom is 0.268 e. The number of likely N-dealkylation sites (N-methyl/N-ethyl adjacent to an activating group) is 1. The van der Waals surface area contributed by atoms with Gasteiger partial charge in [-0.15, -0.1) is 0 Å². The molecule has 3 atom stereocenters. The Morgan fingerprint density at radius 2 is 1.93 bits per heavy atom. The van der Waals surface area contributed by atoms with Crippen LogP contribution in [0.15, 0.2) is 12.2 Å². The number of nitrogens with one attached hydrogen (secondary N) is 1. The first kappa shape index (κ1) is 26.2. The van der Waals surface area contributed by atoms with Crippen LogP contribution in [0.4, 0.5) is 0 Å². The van der Waals surface area contributed by atoms with Crippen molar-refractivity contribution in [1.29, 1.82) is 0 Å². The summed E-state index contributed by atoms with van der Waals surface area (Å²) in [5.41, 5.74) is 0. The van der Waals surface area contributed by atoms with E-state index in [1.807, 2.05) is 34.1 Å². The molecule has 1 amide bonds. The molecule has 0 aliphatic rings. The van der Waals surface area contributed by atoms with Crippen LogP contribution in [0.3, 0.4) is 0 Å². The Bertz CT molecular complexity index is 493. The van der Waals surface area contributed by atoms with E-state index in [4.69, 9.17) is 9.05 Å². The molecular weight excluding hydrogens is 371 g/mol. The molecule has 0 radical (unpaired) electrons. The van der Waals surface area contributed by atoms with Crippen LogP contribution in [0.25, 0.3) is 0 Å². The van der Waals surface area contributed by atoms with Gasteiger partial charge in [0.25, 0.3) is 7.82 Å². The maximum absolute atomic E-state index is 11.9. The van der Waals surface area contributed by atoms with E-state index in [9.17, 15) is 19.4 Å². The Morgan fingerprint density at radius 3 is 2.48 bits per heavy atom. The average Bonchev–Trinajstić information content (AvgIpc) is 2.54. The maximum atomic E-state index is 11.9. The second-order valence-electron chi connectivity index (χ2n) is 7.58. The molecule has 2 N–H and O–H groups in total. The third kappa shape index (κ3) is 14.9. The van der Waals surface area contributed by atoms with Crippen molar-refractivity contribution < 1.29 is 32.9 Å². The zero-order valence-electron chi connectivity index (χ0n) is 17.3. The summed E-state index contributed by atoms with van der Waals surface area (Å²) in [6.45, 7) is 4.03. The normalized spacial score (nSPS) is 16.9. The summed E-state index contributed by atoms with van der Waals surface area (Å²) in [5, 5.41) is 12.9. The van der Waals surface area contributed by atoms with Crippen molar-refractivity contribution in [2.24, 2.45) is 0 Å². The Morgan fingerprint density at radius 1 is 1.26 bits per heavy atom. The molecule has 0 bridgehead atoms. The molecule has 0 aromatic rings. The molecule has 0 rings (SSSR count). The topological polar surface area (TPSA) is 108 Å². The Labute approximate surface area is 163 Å². The van der Waals surface area contributed by atoms with Gasteiger partial charge in [0.2, 0.25) is 5.91 Å². The van der Waals surface area contributed by atoms with E-state index < -0.39 is 20.0 Å². The predicted octanol–water partition coefficient (Wildman–Crippen LogP) is 1.59. The lowest BCUT2D eigenvalue weighted by Gasteiger charge is -2.29. The van der Waals surface area contributed by atoms with Gasteiger partial charge in [0.1, 0.15) is 13.2 Å². The first-order valence-electron chi connectivity index (χ1n) is 9.55. The van der Waals surface area contributed by atoms with Gasteiger partial charge in [-0.2, -0.15) is 0 Å². The van der Waals surface area contributed by atoms with Gasteiger partial charge in [-0.3, -0.25) is 9.36 Å². The third-order valence-electron chi connectivity index (χ3n) is 3.72. The highest BCUT2D eigenvalue weighted by Crippen LogP contribution is 2.38. The van der Waals surface area contributed by atoms with E-state index in [-0.39, 0.29) is 25.5 Å². The van der Waals surface area contributed by atoms with E-state index in [0.717, 1.165) is 19.3 Å². The quantitative estimate of drug-likeness (QED) is 0.184. The van der Waals surface area contributed by atoms with Crippen LogP contribution >= 0.6 is 7.82 Å². The van der Waals surface area contributed by atoms with Gasteiger partial charge in [0.15, 0.2) is 0 Å². The summed E-state index contributed by atoms with van der Waals surface area (Å²) < 4.78 is 22.2. The molecule has 8 nitrogen and oxygen atoms in total. The standard InChI is InChI=1S/C18H37N2O6P/c1-6-8-9-10-12-17(21)16(19-18(22)11-7-2)15-26-27(23,24)25-14-13-20(3,4)5/h10,12,16-17,21H,6-9,11,13-15H2,1-5H3,(H-,19,22,23,24)/b12-10+. The van der Waals surface area contributed by atoms with Crippen molar-refractivity contribution in [3.05, 3.63) is 12.2 Å². The highest BCUT2D eigenvalue weighted by molar-refractivity contribution is 7.45. The van der Waals surface area contributed by atoms with E-state index in [1.165, 1.54) is 0 Å². The molecule has 0 aliphatic carbocycles. The van der Waals surface area contributed by atoms with Crippen molar-refractivity contribution >= 4 is 13.7 Å². The Hall–Kier alpha value is -0.760. The molecule has 160 valence electrons. The van der Waals surface area contributed by atoms with Crippen molar-refractivity contribution in [3.63, 3.8) is 0 Å². The number of allylic oxidation sites excluding steroid dienone is 1. The summed E-state index contributed by atoms with van der Waals surface area (Å²) in [6, 6.07) is -0.869. The fourth-order valence-corrected chi connectivity index (χ4v) is 2.78. The largest absolute Gasteiger partial charge is 0.756 e. The highest BCUT2D eigenvalue weighted by Gasteiger charge is 2.22. The summed E-state index contributed by atoms with van der Waals surface area (Å²) >= 11 is 0. The fraction of sp³-hybridized carbons (Fsp3) is 0.833. The number of amides is 1. The van der Waals surface area contributed by atoms with Crippen molar-refractivity contribution in [2.75, 3.05) is 40.9 Å². The number of quaternary nitrogens is 1. The number of aliphatic hydroxyl groups is 1. The number of carbonyl (C=O) groups is 1. The van der Waals surface area contributed by atoms with Crippen LogP contribution in [0.5, 0.6) is 0 Å². The van der Waals surface area contributed by atoms with Gasteiger partial charge in [-0.1, -0.05) is 38.8 Å². The van der Waals surface area contributed by atoms with Gasteiger partial charge in [0.05, 0.1) is 39.9 Å². The number of unbranched alkanes of at least 4 members (excludes halogenated alkanes) is 2. The number of phosphoric acid groups is 1. The molecule has 0 aromatic heterocycles. The van der Waals surface area contributed by atoms with Crippen LogP contribution < -0.4 is 10.2 Å². The molecule has 0 saturated carbocycles. The number of hydrogen-bond donors (Lipinski definition) is 2. The fourth-order valence-electron chi connectivity index (χ4n) is 2.06. The van der Waals surface area contributed by atoms with Gasteiger partial charge in [-0.25, -0.2) is 0 Å². The van der Waals surface area contributed by atoms with Crippen LogP contribution in [-0.4, -0.2) is 68.5 Å². The number of phosphoric ester groups is 1. The molecular formula is C18H37N2O6P. The second-order valence-corrected chi connectivity index (χ2v) is 8.99. The van der Waals surface area contributed by atoms with Crippen LogP contribution in [-0.2, 0) is 18.4 Å². The van der Waals surface area contributed by atoms with E-state index in [2.05, 4.69) is 12.2 Å². The van der Waals surface area contributed by atoms with E-state index >= 15 is 0 Å². The number of carbonyl (C=O) groups excluding carboxylic acids is 1. The molecule has 27 heavy (non-hydrogen) atoms. The lowest BCUT2D eigenvalue weighted by atomic mass is 10.1. The smallest absolute Gasteiger partial charge is 0.268 e. The number of rotatable bonds is 15. The first-order chi connectivity index (χ1) is 12.5. The zero-order valence-corrected chi connectivity index (χ0v) is 18.2. The molecule has 0 heterocycles. The monoisotopic (exact) mass is 408 g/mol. The second kappa shape index (κ2) is 13.4. The van der Waals surface area contributed by atoms with Gasteiger partial charge >= 0.3 is 0 Å². The predicted molar refractivity (Wildman–Crippen MR) is 104 cm³/mol. The van der Waals surface area contributed by atoms with Gasteiger partial charge in [-0.05, 0) is 12.8 Å². The van der Waals surface area contributed by atoms with Crippen molar-refractivity contribution in [1.82, 2.24) is 5.32 Å². The van der Waals surface area contributed by atoms with Crippen molar-refractivity contribution in [2.45, 2.75) is 58.1 Å². The molecule has 9 heteroatoms. The first-order valence-corrected chi connectivity index (χ1v) is 11.0. The van der Waals surface area contributed by atoms with Gasteiger partial charge < -0.3 is 28.8 Å². The molecule has 3 unspecified atom stereocenters. The Kier molecular flexibility index (Phi) is 13.0. The number of hydrogen-bond acceptors (Lipinski definition) is 6. The summed E-state index contributed by atoms with van der Waals surface area (Å²) in [4.78, 5) is 23.8. The van der Waals surface area contributed by atoms with Crippen molar-refractivity contribution in [3.8, 4) is 0 Å². The van der Waals surface area contributed by atoms with Crippen LogP contribution in [0, 0.1) is 0 Å². The SMILES string of the molecule is CCCC/C=C/C(O)C(COP(=O)([O-])OCC[N+](C)(C)C)NC(=O)CCC. The minimum atomic E-state index is -4.51. The lowest BCUT2D eigenvalue weighted by molar-refractivity contribution is -0.870. The summed E-state index contributed by atoms with van der Waals surface area (Å²) in [6.07, 6.45) is 6.10. The number of aliphatic hydroxyl groups excluding tert-OH is 1. The highest BCUT2D eigenvalue weighted by atomic mass is 31.2. The van der Waals surface area contributed by atoms with E-state index in [1.54, 1.807) is 6.08 Å². The molecule has 0 aromatic carbocycles. The molecule has 0 aliphatic heterocycles. The third-order valence-corrected chi connectivity index (χ3v) is 4.68. The average molecular weight is 408 g/mol. The minimum absolute atomic E-state index is 0.00336. The lowest BCUT2D eigenvalue weighted by Crippen LogP contribution is -2.45. The molecule has 0 spiro atoms.